The highest BCUT2D eigenvalue weighted by molar-refractivity contribution is 5.68. The van der Waals surface area contributed by atoms with Crippen molar-refractivity contribution >= 4 is 5.57 Å². The van der Waals surface area contributed by atoms with Crippen molar-refractivity contribution in [3.8, 4) is 5.75 Å². The predicted octanol–water partition coefficient (Wildman–Crippen LogP) is 5.23. The molecule has 0 bridgehead atoms. The van der Waals surface area contributed by atoms with Gasteiger partial charge in [-0.3, -0.25) is 0 Å². The smallest absolute Gasteiger partial charge is 0.127 e. The Morgan fingerprint density at radius 1 is 1.33 bits per heavy atom. The van der Waals surface area contributed by atoms with Crippen LogP contribution in [0.5, 0.6) is 5.75 Å². The number of allylic oxidation sites excluding steroid dienone is 2. The molecule has 0 amide bonds. The summed E-state index contributed by atoms with van der Waals surface area (Å²) >= 11 is 0. The number of para-hydroxylation sites is 1. The SMILES string of the molecule is C=C(CC)c1ccccc1OC(/C=C\C)CCC. The first-order valence-electron chi connectivity index (χ1n) is 6.79. The molecule has 1 heteroatoms. The Hall–Kier alpha value is -1.50. The van der Waals surface area contributed by atoms with E-state index in [0.717, 1.165) is 36.1 Å². The molecule has 1 nitrogen and oxygen atoms in total. The lowest BCUT2D eigenvalue weighted by Gasteiger charge is -2.18. The fourth-order valence-electron chi connectivity index (χ4n) is 1.91. The van der Waals surface area contributed by atoms with Gasteiger partial charge in [0.25, 0.3) is 0 Å². The minimum atomic E-state index is 0.158. The molecule has 0 saturated heterocycles. The zero-order chi connectivity index (χ0) is 13.4. The quantitative estimate of drug-likeness (QED) is 0.596. The molecule has 98 valence electrons. The molecule has 1 atom stereocenters. The van der Waals surface area contributed by atoms with E-state index in [9.17, 15) is 0 Å². The van der Waals surface area contributed by atoms with Crippen LogP contribution in [0.1, 0.15) is 45.6 Å². The number of hydrogen-bond donors (Lipinski definition) is 0. The van der Waals surface area contributed by atoms with Gasteiger partial charge < -0.3 is 4.74 Å². The summed E-state index contributed by atoms with van der Waals surface area (Å²) in [5.74, 6) is 0.945. The van der Waals surface area contributed by atoms with E-state index in [-0.39, 0.29) is 6.10 Å². The molecule has 0 aromatic heterocycles. The van der Waals surface area contributed by atoms with E-state index in [2.05, 4.69) is 38.6 Å². The van der Waals surface area contributed by atoms with E-state index in [1.54, 1.807) is 0 Å². The standard InChI is InChI=1S/C17H24O/c1-5-10-15(11-6-2)18-17-13-9-8-12-16(17)14(4)7-3/h5,8-10,12-13,15H,4,6-7,11H2,1-3H3/b10-5-. The number of rotatable bonds is 7. The van der Waals surface area contributed by atoms with Gasteiger partial charge in [-0.25, -0.2) is 0 Å². The van der Waals surface area contributed by atoms with Crippen molar-refractivity contribution < 1.29 is 4.74 Å². The highest BCUT2D eigenvalue weighted by Crippen LogP contribution is 2.28. The largest absolute Gasteiger partial charge is 0.486 e. The summed E-state index contributed by atoms with van der Waals surface area (Å²) in [5.41, 5.74) is 2.26. The molecule has 0 spiro atoms. The average Bonchev–Trinajstić information content (AvgIpc) is 2.39. The first-order valence-corrected chi connectivity index (χ1v) is 6.79. The van der Waals surface area contributed by atoms with E-state index in [0.29, 0.717) is 0 Å². The minimum absolute atomic E-state index is 0.158. The zero-order valence-electron chi connectivity index (χ0n) is 11.8. The van der Waals surface area contributed by atoms with Crippen molar-refractivity contribution in [1.29, 1.82) is 0 Å². The molecule has 0 fully saturated rings. The Kier molecular flexibility index (Phi) is 6.27. The van der Waals surface area contributed by atoms with E-state index in [1.165, 1.54) is 0 Å². The van der Waals surface area contributed by atoms with Crippen LogP contribution in [0.2, 0.25) is 0 Å². The molecule has 0 aliphatic heterocycles. The Labute approximate surface area is 111 Å². The fourth-order valence-corrected chi connectivity index (χ4v) is 1.91. The molecular weight excluding hydrogens is 220 g/mol. The average molecular weight is 244 g/mol. The van der Waals surface area contributed by atoms with Gasteiger partial charge >= 0.3 is 0 Å². The minimum Gasteiger partial charge on any atom is -0.486 e. The molecular formula is C17H24O. The second-order valence-corrected chi connectivity index (χ2v) is 4.42. The van der Waals surface area contributed by atoms with Gasteiger partial charge in [0, 0.05) is 5.56 Å². The summed E-state index contributed by atoms with van der Waals surface area (Å²) in [6, 6.07) is 8.16. The Morgan fingerprint density at radius 2 is 2.06 bits per heavy atom. The van der Waals surface area contributed by atoms with Gasteiger partial charge in [-0.05, 0) is 37.5 Å². The highest BCUT2D eigenvalue weighted by atomic mass is 16.5. The van der Waals surface area contributed by atoms with Gasteiger partial charge in [0.2, 0.25) is 0 Å². The molecule has 1 rings (SSSR count). The molecule has 0 saturated carbocycles. The van der Waals surface area contributed by atoms with Crippen LogP contribution in [0.4, 0.5) is 0 Å². The van der Waals surface area contributed by atoms with Crippen LogP contribution in [0.3, 0.4) is 0 Å². The Bertz CT molecular complexity index is 404. The summed E-state index contributed by atoms with van der Waals surface area (Å²) < 4.78 is 6.10. The van der Waals surface area contributed by atoms with Gasteiger partial charge in [-0.15, -0.1) is 0 Å². The van der Waals surface area contributed by atoms with Crippen molar-refractivity contribution in [2.75, 3.05) is 0 Å². The van der Waals surface area contributed by atoms with Crippen LogP contribution >= 0.6 is 0 Å². The maximum atomic E-state index is 6.10. The Morgan fingerprint density at radius 3 is 2.67 bits per heavy atom. The third kappa shape index (κ3) is 4.06. The van der Waals surface area contributed by atoms with Crippen LogP contribution < -0.4 is 4.74 Å². The summed E-state index contributed by atoms with van der Waals surface area (Å²) in [7, 11) is 0. The van der Waals surface area contributed by atoms with Crippen LogP contribution in [0.25, 0.3) is 5.57 Å². The van der Waals surface area contributed by atoms with Gasteiger partial charge in [0.05, 0.1) is 0 Å². The topological polar surface area (TPSA) is 9.23 Å². The van der Waals surface area contributed by atoms with Crippen LogP contribution in [0.15, 0.2) is 43.0 Å². The summed E-state index contributed by atoms with van der Waals surface area (Å²) in [4.78, 5) is 0. The second kappa shape index (κ2) is 7.75. The monoisotopic (exact) mass is 244 g/mol. The maximum absolute atomic E-state index is 6.10. The first kappa shape index (κ1) is 14.6. The molecule has 1 aromatic carbocycles. The number of benzene rings is 1. The van der Waals surface area contributed by atoms with Crippen molar-refractivity contribution in [2.45, 2.75) is 46.1 Å². The van der Waals surface area contributed by atoms with E-state index >= 15 is 0 Å². The van der Waals surface area contributed by atoms with Crippen LogP contribution in [0, 0.1) is 0 Å². The molecule has 0 heterocycles. The number of hydrogen-bond acceptors (Lipinski definition) is 1. The molecule has 18 heavy (non-hydrogen) atoms. The van der Waals surface area contributed by atoms with Gasteiger partial charge in [0.1, 0.15) is 11.9 Å². The lowest BCUT2D eigenvalue weighted by molar-refractivity contribution is 0.236. The van der Waals surface area contributed by atoms with Gasteiger partial charge in [-0.2, -0.15) is 0 Å². The summed E-state index contributed by atoms with van der Waals surface area (Å²) in [6.45, 7) is 10.4. The van der Waals surface area contributed by atoms with Gasteiger partial charge in [-0.1, -0.05) is 51.1 Å². The van der Waals surface area contributed by atoms with E-state index in [1.807, 2.05) is 25.1 Å². The predicted molar refractivity (Wildman–Crippen MR) is 79.9 cm³/mol. The summed E-state index contributed by atoms with van der Waals surface area (Å²) in [5, 5.41) is 0. The van der Waals surface area contributed by atoms with Crippen molar-refractivity contribution in [3.05, 3.63) is 48.6 Å². The lowest BCUT2D eigenvalue weighted by Crippen LogP contribution is -2.13. The zero-order valence-corrected chi connectivity index (χ0v) is 11.8. The van der Waals surface area contributed by atoms with Crippen molar-refractivity contribution in [3.63, 3.8) is 0 Å². The normalized spacial score (nSPS) is 12.6. The summed E-state index contributed by atoms with van der Waals surface area (Å²) in [6.07, 6.45) is 7.43. The fraction of sp³-hybridized carbons (Fsp3) is 0.412. The molecule has 0 N–H and O–H groups in total. The van der Waals surface area contributed by atoms with E-state index in [4.69, 9.17) is 4.74 Å². The molecule has 0 radical (unpaired) electrons. The first-order chi connectivity index (χ1) is 8.72. The molecule has 0 aliphatic carbocycles. The van der Waals surface area contributed by atoms with Crippen molar-refractivity contribution in [2.24, 2.45) is 0 Å². The second-order valence-electron chi connectivity index (χ2n) is 4.42. The molecule has 1 unspecified atom stereocenters. The maximum Gasteiger partial charge on any atom is 0.127 e. The van der Waals surface area contributed by atoms with E-state index < -0.39 is 0 Å². The lowest BCUT2D eigenvalue weighted by atomic mass is 10.0. The van der Waals surface area contributed by atoms with Crippen LogP contribution in [-0.4, -0.2) is 6.10 Å². The highest BCUT2D eigenvalue weighted by Gasteiger charge is 2.10. The third-order valence-electron chi connectivity index (χ3n) is 2.95. The molecule has 0 aliphatic rings. The Balaban J connectivity index is 2.91. The number of ether oxygens (including phenoxy) is 1. The van der Waals surface area contributed by atoms with Crippen molar-refractivity contribution in [1.82, 2.24) is 0 Å². The molecule has 1 aromatic rings. The third-order valence-corrected chi connectivity index (χ3v) is 2.95. The van der Waals surface area contributed by atoms with Gasteiger partial charge in [0.15, 0.2) is 0 Å². The van der Waals surface area contributed by atoms with Crippen LogP contribution in [-0.2, 0) is 0 Å².